The fourth-order valence-electron chi connectivity index (χ4n) is 1.03. The van der Waals surface area contributed by atoms with Crippen LogP contribution in [0, 0.1) is 0 Å². The van der Waals surface area contributed by atoms with Crippen molar-refractivity contribution in [2.45, 2.75) is 6.18 Å². The van der Waals surface area contributed by atoms with Crippen molar-refractivity contribution >= 4 is 5.91 Å². The SMILES string of the molecule is CON(C)C(=O)c1cc(OCC(F)(F)F)ccn1. The largest absolute Gasteiger partial charge is 0.484 e. The minimum absolute atomic E-state index is 0.0703. The van der Waals surface area contributed by atoms with Crippen molar-refractivity contribution in [3.8, 4) is 5.75 Å². The Hall–Kier alpha value is -1.83. The standard InChI is InChI=1S/C10H11F3N2O3/c1-15(17-2)9(16)8-5-7(3-4-14-8)18-6-10(11,12)13/h3-5H,6H2,1-2H3. The van der Waals surface area contributed by atoms with Gasteiger partial charge in [0.1, 0.15) is 11.4 Å². The lowest BCUT2D eigenvalue weighted by Crippen LogP contribution is -2.26. The van der Waals surface area contributed by atoms with Gasteiger partial charge in [-0.1, -0.05) is 0 Å². The van der Waals surface area contributed by atoms with Crippen LogP contribution in [0.1, 0.15) is 10.5 Å². The van der Waals surface area contributed by atoms with Crippen LogP contribution in [0.3, 0.4) is 0 Å². The summed E-state index contributed by atoms with van der Waals surface area (Å²) < 4.78 is 40.3. The fraction of sp³-hybridized carbons (Fsp3) is 0.400. The fourth-order valence-corrected chi connectivity index (χ4v) is 1.03. The van der Waals surface area contributed by atoms with E-state index in [1.807, 2.05) is 0 Å². The van der Waals surface area contributed by atoms with E-state index in [4.69, 9.17) is 0 Å². The van der Waals surface area contributed by atoms with E-state index in [9.17, 15) is 18.0 Å². The highest BCUT2D eigenvalue weighted by Gasteiger charge is 2.28. The van der Waals surface area contributed by atoms with Crippen molar-refractivity contribution in [3.05, 3.63) is 24.0 Å². The van der Waals surface area contributed by atoms with E-state index >= 15 is 0 Å². The molecular weight excluding hydrogens is 253 g/mol. The molecule has 1 aromatic rings. The molecule has 0 aliphatic rings. The van der Waals surface area contributed by atoms with Crippen molar-refractivity contribution in [1.82, 2.24) is 10.0 Å². The molecule has 0 fully saturated rings. The number of nitrogens with zero attached hydrogens (tertiary/aromatic N) is 2. The molecule has 0 atom stereocenters. The first-order valence-corrected chi connectivity index (χ1v) is 4.81. The molecule has 18 heavy (non-hydrogen) atoms. The van der Waals surface area contributed by atoms with Crippen LogP contribution < -0.4 is 4.74 Å². The third-order valence-electron chi connectivity index (χ3n) is 1.91. The second-order valence-corrected chi connectivity index (χ2v) is 3.27. The Morgan fingerprint density at radius 1 is 1.50 bits per heavy atom. The first kappa shape index (κ1) is 14.2. The molecule has 0 unspecified atom stereocenters. The van der Waals surface area contributed by atoms with Gasteiger partial charge in [0.15, 0.2) is 6.61 Å². The normalized spacial score (nSPS) is 11.2. The van der Waals surface area contributed by atoms with Gasteiger partial charge < -0.3 is 4.74 Å². The van der Waals surface area contributed by atoms with Gasteiger partial charge in [-0.25, -0.2) is 5.06 Å². The van der Waals surface area contributed by atoms with E-state index in [0.29, 0.717) is 0 Å². The zero-order chi connectivity index (χ0) is 13.8. The minimum atomic E-state index is -4.43. The molecule has 0 radical (unpaired) electrons. The number of pyridine rings is 1. The maximum absolute atomic E-state index is 11.9. The van der Waals surface area contributed by atoms with Gasteiger partial charge in [-0.05, 0) is 6.07 Å². The van der Waals surface area contributed by atoms with Crippen LogP contribution in [0.2, 0.25) is 0 Å². The van der Waals surface area contributed by atoms with Gasteiger partial charge in [0.05, 0.1) is 7.11 Å². The second-order valence-electron chi connectivity index (χ2n) is 3.27. The van der Waals surface area contributed by atoms with E-state index in [2.05, 4.69) is 14.6 Å². The molecule has 8 heteroatoms. The summed E-state index contributed by atoms with van der Waals surface area (Å²) in [5.41, 5.74) is -0.0703. The van der Waals surface area contributed by atoms with E-state index in [1.54, 1.807) is 0 Å². The Bertz CT molecular complexity index is 423. The lowest BCUT2D eigenvalue weighted by Gasteiger charge is -2.13. The number of hydroxylamine groups is 2. The predicted molar refractivity (Wildman–Crippen MR) is 54.9 cm³/mol. The highest BCUT2D eigenvalue weighted by molar-refractivity contribution is 5.91. The highest BCUT2D eigenvalue weighted by atomic mass is 19.4. The molecule has 0 aliphatic heterocycles. The van der Waals surface area contributed by atoms with Crippen LogP contribution in [0.5, 0.6) is 5.75 Å². The summed E-state index contributed by atoms with van der Waals surface area (Å²) in [5.74, 6) is -0.676. The highest BCUT2D eigenvalue weighted by Crippen LogP contribution is 2.18. The van der Waals surface area contributed by atoms with Gasteiger partial charge in [-0.15, -0.1) is 0 Å². The van der Waals surface area contributed by atoms with E-state index < -0.39 is 18.7 Å². The van der Waals surface area contributed by atoms with Gasteiger partial charge in [-0.2, -0.15) is 13.2 Å². The number of hydrogen-bond donors (Lipinski definition) is 0. The lowest BCUT2D eigenvalue weighted by molar-refractivity contribution is -0.153. The minimum Gasteiger partial charge on any atom is -0.484 e. The quantitative estimate of drug-likeness (QED) is 0.776. The van der Waals surface area contributed by atoms with Crippen LogP contribution in [0.25, 0.3) is 0 Å². The topological polar surface area (TPSA) is 51.7 Å². The molecular formula is C10H11F3N2O3. The number of rotatable bonds is 4. The molecule has 0 bridgehead atoms. The summed E-state index contributed by atoms with van der Waals surface area (Å²) >= 11 is 0. The summed E-state index contributed by atoms with van der Waals surface area (Å²) in [6.07, 6.45) is -3.25. The molecule has 0 N–H and O–H groups in total. The van der Waals surface area contributed by atoms with Crippen molar-refractivity contribution in [3.63, 3.8) is 0 Å². The maximum Gasteiger partial charge on any atom is 0.422 e. The van der Waals surface area contributed by atoms with Gasteiger partial charge in [0.2, 0.25) is 0 Å². The van der Waals surface area contributed by atoms with Gasteiger partial charge >= 0.3 is 6.18 Å². The Kier molecular flexibility index (Phi) is 4.49. The maximum atomic E-state index is 11.9. The van der Waals surface area contributed by atoms with Crippen molar-refractivity contribution < 1.29 is 27.5 Å². The van der Waals surface area contributed by atoms with Crippen molar-refractivity contribution in [2.24, 2.45) is 0 Å². The predicted octanol–water partition coefficient (Wildman–Crippen LogP) is 1.66. The van der Waals surface area contributed by atoms with E-state index in [-0.39, 0.29) is 11.4 Å². The lowest BCUT2D eigenvalue weighted by atomic mass is 10.3. The van der Waals surface area contributed by atoms with Crippen LogP contribution in [-0.2, 0) is 4.84 Å². The molecule has 0 aromatic carbocycles. The van der Waals surface area contributed by atoms with Crippen molar-refractivity contribution in [1.29, 1.82) is 0 Å². The van der Waals surface area contributed by atoms with E-state index in [0.717, 1.165) is 11.1 Å². The third-order valence-corrected chi connectivity index (χ3v) is 1.91. The summed E-state index contributed by atoms with van der Waals surface area (Å²) in [4.78, 5) is 20.0. The number of amides is 1. The van der Waals surface area contributed by atoms with Crippen LogP contribution in [0.4, 0.5) is 13.2 Å². The molecule has 1 aromatic heterocycles. The molecule has 5 nitrogen and oxygen atoms in total. The van der Waals surface area contributed by atoms with Crippen LogP contribution in [-0.4, -0.2) is 42.9 Å². The van der Waals surface area contributed by atoms with E-state index in [1.165, 1.54) is 26.4 Å². The Morgan fingerprint density at radius 2 is 2.17 bits per heavy atom. The first-order valence-electron chi connectivity index (χ1n) is 4.81. The first-order chi connectivity index (χ1) is 8.33. The summed E-state index contributed by atoms with van der Waals surface area (Å²) in [5, 5.41) is 0.899. The number of hydrogen-bond acceptors (Lipinski definition) is 4. The van der Waals surface area contributed by atoms with Gasteiger partial charge in [0, 0.05) is 19.3 Å². The number of aromatic nitrogens is 1. The van der Waals surface area contributed by atoms with Gasteiger partial charge in [0.25, 0.3) is 5.91 Å². The average Bonchev–Trinajstić information content (AvgIpc) is 2.34. The molecule has 1 amide bonds. The zero-order valence-electron chi connectivity index (χ0n) is 9.69. The van der Waals surface area contributed by atoms with Crippen molar-refractivity contribution in [2.75, 3.05) is 20.8 Å². The molecule has 0 saturated heterocycles. The number of alkyl halides is 3. The number of carbonyl (C=O) groups is 1. The second kappa shape index (κ2) is 5.67. The van der Waals surface area contributed by atoms with Gasteiger partial charge in [-0.3, -0.25) is 14.6 Å². The molecule has 0 saturated carbocycles. The smallest absolute Gasteiger partial charge is 0.422 e. The summed E-state index contributed by atoms with van der Waals surface area (Å²) in [7, 11) is 2.63. The molecule has 0 spiro atoms. The van der Waals surface area contributed by atoms with Crippen LogP contribution in [0.15, 0.2) is 18.3 Å². The molecule has 1 heterocycles. The molecule has 1 rings (SSSR count). The van der Waals surface area contributed by atoms with Crippen LogP contribution >= 0.6 is 0 Å². The average molecular weight is 264 g/mol. The zero-order valence-corrected chi connectivity index (χ0v) is 9.69. The number of ether oxygens (including phenoxy) is 1. The monoisotopic (exact) mass is 264 g/mol. The summed E-state index contributed by atoms with van der Waals surface area (Å²) in [6, 6.07) is 2.35. The molecule has 100 valence electrons. The summed E-state index contributed by atoms with van der Waals surface area (Å²) in [6.45, 7) is -1.43. The molecule has 0 aliphatic carbocycles. The Morgan fingerprint density at radius 3 is 2.72 bits per heavy atom. The third kappa shape index (κ3) is 4.21. The number of carbonyl (C=O) groups excluding carboxylic acids is 1. The Labute approximate surface area is 101 Å². The Balaban J connectivity index is 2.76. The number of halogens is 3.